The summed E-state index contributed by atoms with van der Waals surface area (Å²) < 4.78 is 5.40. The lowest BCUT2D eigenvalue weighted by molar-refractivity contribution is -0.113. The number of hydrogen-bond donors (Lipinski definition) is 3. The second-order valence-electron chi connectivity index (χ2n) is 6.19. The molecule has 6 nitrogen and oxygen atoms in total. The van der Waals surface area contributed by atoms with Gasteiger partial charge in [0.2, 0.25) is 5.91 Å². The molecular weight excluding hydrogens is 362 g/mol. The molecule has 27 heavy (non-hydrogen) atoms. The van der Waals surface area contributed by atoms with Crippen LogP contribution in [0.1, 0.15) is 19.8 Å². The third-order valence-electron chi connectivity index (χ3n) is 3.84. The van der Waals surface area contributed by atoms with Crippen molar-refractivity contribution >= 4 is 35.1 Å². The smallest absolute Gasteiger partial charge is 0.319 e. The van der Waals surface area contributed by atoms with Gasteiger partial charge in [-0.15, -0.1) is 11.8 Å². The molecule has 1 aliphatic rings. The molecule has 3 rings (SSSR count). The molecule has 0 aromatic heterocycles. The van der Waals surface area contributed by atoms with Gasteiger partial charge in [0.05, 0.1) is 12.4 Å². The molecule has 0 saturated heterocycles. The standard InChI is InChI=1S/C20H23N3O3S/c1-2-26-17-9-11-18(12-10-17)27-13-19(24)21-14-3-5-15(6-4-14)22-20(25)23-16-7-8-16/h3-6,9-12,16H,2,7-8,13H2,1H3,(H,21,24)(H2,22,23,25). The normalized spacial score (nSPS) is 12.9. The van der Waals surface area contributed by atoms with Crippen molar-refractivity contribution in [3.05, 3.63) is 48.5 Å². The zero-order valence-corrected chi connectivity index (χ0v) is 16.0. The number of benzene rings is 2. The maximum Gasteiger partial charge on any atom is 0.319 e. The lowest BCUT2D eigenvalue weighted by Crippen LogP contribution is -2.30. The molecule has 0 atom stereocenters. The van der Waals surface area contributed by atoms with Crippen LogP contribution in [0.15, 0.2) is 53.4 Å². The summed E-state index contributed by atoms with van der Waals surface area (Å²) in [6, 6.07) is 14.9. The molecule has 0 bridgehead atoms. The molecule has 1 fully saturated rings. The van der Waals surface area contributed by atoms with E-state index in [1.54, 1.807) is 24.3 Å². The molecule has 0 unspecified atom stereocenters. The minimum Gasteiger partial charge on any atom is -0.494 e. The predicted molar refractivity (Wildman–Crippen MR) is 109 cm³/mol. The Balaban J connectivity index is 1.42. The van der Waals surface area contributed by atoms with Gasteiger partial charge in [-0.25, -0.2) is 4.79 Å². The molecule has 0 radical (unpaired) electrons. The van der Waals surface area contributed by atoms with E-state index >= 15 is 0 Å². The number of urea groups is 1. The number of nitrogens with one attached hydrogen (secondary N) is 3. The average Bonchev–Trinajstić information content (AvgIpc) is 3.47. The fraction of sp³-hybridized carbons (Fsp3) is 0.300. The van der Waals surface area contributed by atoms with Gasteiger partial charge in [0.15, 0.2) is 0 Å². The molecule has 2 aromatic rings. The largest absolute Gasteiger partial charge is 0.494 e. The molecular formula is C20H23N3O3S. The summed E-state index contributed by atoms with van der Waals surface area (Å²) in [4.78, 5) is 24.8. The Morgan fingerprint density at radius 3 is 2.22 bits per heavy atom. The quantitative estimate of drug-likeness (QED) is 0.598. The van der Waals surface area contributed by atoms with Gasteiger partial charge in [0, 0.05) is 22.3 Å². The van der Waals surface area contributed by atoms with Crippen molar-refractivity contribution in [3.8, 4) is 5.75 Å². The maximum atomic E-state index is 12.1. The van der Waals surface area contributed by atoms with Gasteiger partial charge in [-0.2, -0.15) is 0 Å². The Morgan fingerprint density at radius 1 is 1.00 bits per heavy atom. The molecule has 0 aliphatic heterocycles. The van der Waals surface area contributed by atoms with Crippen molar-refractivity contribution in [3.63, 3.8) is 0 Å². The molecule has 3 N–H and O–H groups in total. The zero-order valence-electron chi connectivity index (χ0n) is 15.2. The Labute approximate surface area is 163 Å². The number of carbonyl (C=O) groups is 2. The minimum absolute atomic E-state index is 0.0823. The van der Waals surface area contributed by atoms with Crippen LogP contribution in [0.2, 0.25) is 0 Å². The molecule has 1 aliphatic carbocycles. The summed E-state index contributed by atoms with van der Waals surface area (Å²) in [7, 11) is 0. The Morgan fingerprint density at radius 2 is 1.63 bits per heavy atom. The molecule has 1 saturated carbocycles. The van der Waals surface area contributed by atoms with E-state index in [0.29, 0.717) is 29.8 Å². The first kappa shape index (κ1) is 19.1. The Kier molecular flexibility index (Phi) is 6.59. The number of carbonyl (C=O) groups excluding carboxylic acids is 2. The van der Waals surface area contributed by atoms with Crippen molar-refractivity contribution in [1.82, 2.24) is 5.32 Å². The fourth-order valence-corrected chi connectivity index (χ4v) is 3.06. The van der Waals surface area contributed by atoms with Gasteiger partial charge in [-0.3, -0.25) is 4.79 Å². The molecule has 142 valence electrons. The van der Waals surface area contributed by atoms with Crippen LogP contribution in [-0.4, -0.2) is 30.3 Å². The number of amides is 3. The SMILES string of the molecule is CCOc1ccc(SCC(=O)Nc2ccc(NC(=O)NC3CC3)cc2)cc1. The second-order valence-corrected chi connectivity index (χ2v) is 7.24. The van der Waals surface area contributed by atoms with Crippen LogP contribution in [0.5, 0.6) is 5.75 Å². The van der Waals surface area contributed by atoms with Gasteiger partial charge < -0.3 is 20.7 Å². The number of hydrogen-bond acceptors (Lipinski definition) is 4. The highest BCUT2D eigenvalue weighted by molar-refractivity contribution is 8.00. The first-order valence-corrected chi connectivity index (χ1v) is 9.94. The van der Waals surface area contributed by atoms with E-state index in [9.17, 15) is 9.59 Å². The van der Waals surface area contributed by atoms with Gasteiger partial charge in [-0.05, 0) is 68.3 Å². The van der Waals surface area contributed by atoms with Gasteiger partial charge in [0.1, 0.15) is 5.75 Å². The van der Waals surface area contributed by atoms with Gasteiger partial charge in [0.25, 0.3) is 0 Å². The van der Waals surface area contributed by atoms with E-state index in [1.807, 2.05) is 31.2 Å². The number of ether oxygens (including phenoxy) is 1. The van der Waals surface area contributed by atoms with E-state index in [0.717, 1.165) is 23.5 Å². The van der Waals surface area contributed by atoms with E-state index in [4.69, 9.17) is 4.74 Å². The van der Waals surface area contributed by atoms with Crippen molar-refractivity contribution in [2.24, 2.45) is 0 Å². The number of rotatable bonds is 8. The van der Waals surface area contributed by atoms with Crippen LogP contribution in [0.4, 0.5) is 16.2 Å². The summed E-state index contributed by atoms with van der Waals surface area (Å²) in [5, 5.41) is 8.49. The first-order chi connectivity index (χ1) is 13.1. The van der Waals surface area contributed by atoms with Crippen LogP contribution < -0.4 is 20.7 Å². The molecule has 0 spiro atoms. The number of thioether (sulfide) groups is 1. The highest BCUT2D eigenvalue weighted by Gasteiger charge is 2.23. The van der Waals surface area contributed by atoms with Crippen LogP contribution in [0, 0.1) is 0 Å². The highest BCUT2D eigenvalue weighted by Crippen LogP contribution is 2.22. The highest BCUT2D eigenvalue weighted by atomic mass is 32.2. The third-order valence-corrected chi connectivity index (χ3v) is 4.86. The second kappa shape index (κ2) is 9.32. The fourth-order valence-electron chi connectivity index (χ4n) is 2.36. The van der Waals surface area contributed by atoms with Crippen molar-refractivity contribution in [2.45, 2.75) is 30.7 Å². The van der Waals surface area contributed by atoms with Crippen molar-refractivity contribution in [2.75, 3.05) is 23.0 Å². The summed E-state index contributed by atoms with van der Waals surface area (Å²) in [6.45, 7) is 2.58. The Hall–Kier alpha value is -2.67. The Bertz CT molecular complexity index is 774. The van der Waals surface area contributed by atoms with Crippen LogP contribution in [0.25, 0.3) is 0 Å². The lowest BCUT2D eigenvalue weighted by Gasteiger charge is -2.09. The van der Waals surface area contributed by atoms with Crippen molar-refractivity contribution in [1.29, 1.82) is 0 Å². The van der Waals surface area contributed by atoms with E-state index in [-0.39, 0.29) is 11.9 Å². The summed E-state index contributed by atoms with van der Waals surface area (Å²) >= 11 is 1.46. The zero-order chi connectivity index (χ0) is 19.1. The van der Waals surface area contributed by atoms with Crippen LogP contribution in [0.3, 0.4) is 0 Å². The van der Waals surface area contributed by atoms with E-state index < -0.39 is 0 Å². The van der Waals surface area contributed by atoms with Gasteiger partial charge in [-0.1, -0.05) is 0 Å². The molecule has 3 amide bonds. The number of anilines is 2. The van der Waals surface area contributed by atoms with E-state index in [2.05, 4.69) is 16.0 Å². The molecule has 7 heteroatoms. The third kappa shape index (κ3) is 6.53. The average molecular weight is 385 g/mol. The minimum atomic E-state index is -0.193. The first-order valence-electron chi connectivity index (χ1n) is 8.95. The lowest BCUT2D eigenvalue weighted by atomic mass is 10.3. The summed E-state index contributed by atoms with van der Waals surface area (Å²) in [5.74, 6) is 1.06. The monoisotopic (exact) mass is 385 g/mol. The summed E-state index contributed by atoms with van der Waals surface area (Å²) in [6.07, 6.45) is 2.10. The van der Waals surface area contributed by atoms with Gasteiger partial charge >= 0.3 is 6.03 Å². The summed E-state index contributed by atoms with van der Waals surface area (Å²) in [5.41, 5.74) is 1.38. The van der Waals surface area contributed by atoms with Crippen LogP contribution in [-0.2, 0) is 4.79 Å². The molecule has 2 aromatic carbocycles. The predicted octanol–water partition coefficient (Wildman–Crippen LogP) is 4.10. The maximum absolute atomic E-state index is 12.1. The van der Waals surface area contributed by atoms with Crippen molar-refractivity contribution < 1.29 is 14.3 Å². The van der Waals surface area contributed by atoms with E-state index in [1.165, 1.54) is 11.8 Å². The topological polar surface area (TPSA) is 79.5 Å². The molecule has 0 heterocycles. The van der Waals surface area contributed by atoms with Crippen LogP contribution >= 0.6 is 11.8 Å².